The number of carbonyl (C=O) groups excluding carboxylic acids is 1. The van der Waals surface area contributed by atoms with Crippen molar-refractivity contribution in [1.29, 1.82) is 0 Å². The fourth-order valence-electron chi connectivity index (χ4n) is 4.83. The van der Waals surface area contributed by atoms with Crippen LogP contribution in [0.4, 0.5) is 0 Å². The Kier molecular flexibility index (Phi) is 4.86. The lowest BCUT2D eigenvalue weighted by Gasteiger charge is -2.48. The second-order valence-electron chi connectivity index (χ2n) is 7.65. The zero-order valence-corrected chi connectivity index (χ0v) is 17.0. The number of piperidine rings is 1. The summed E-state index contributed by atoms with van der Waals surface area (Å²) in [6.45, 7) is 1.79. The largest absolute Gasteiger partial charge is 0.284 e. The molecule has 1 fully saturated rings. The Labute approximate surface area is 176 Å². The number of fused-ring (bicyclic) bond motifs is 1. The maximum atomic E-state index is 12.0. The van der Waals surface area contributed by atoms with Crippen LogP contribution in [-0.4, -0.2) is 28.4 Å². The number of benzene rings is 3. The van der Waals surface area contributed by atoms with Crippen LogP contribution in [0.2, 0.25) is 0 Å². The summed E-state index contributed by atoms with van der Waals surface area (Å²) in [5, 5.41) is 0.461. The molecule has 0 radical (unpaired) electrons. The molecular formula is C26H23NOS. The van der Waals surface area contributed by atoms with Gasteiger partial charge in [-0.25, -0.2) is 0 Å². The summed E-state index contributed by atoms with van der Waals surface area (Å²) in [7, 11) is 0. The lowest BCUT2D eigenvalue weighted by atomic mass is 9.74. The normalized spacial score (nSPS) is 19.7. The molecule has 0 unspecified atom stereocenters. The highest BCUT2D eigenvalue weighted by atomic mass is 32.2. The van der Waals surface area contributed by atoms with Gasteiger partial charge in [-0.05, 0) is 34.8 Å². The molecule has 2 aliphatic heterocycles. The molecule has 3 aromatic rings. The molecule has 2 aliphatic rings. The van der Waals surface area contributed by atoms with Gasteiger partial charge in [0.2, 0.25) is 5.12 Å². The highest BCUT2D eigenvalue weighted by Crippen LogP contribution is 2.46. The Bertz CT molecular complexity index is 933. The average molecular weight is 398 g/mol. The van der Waals surface area contributed by atoms with Crippen LogP contribution in [0.25, 0.3) is 0 Å². The molecule has 0 amide bonds. The van der Waals surface area contributed by atoms with Crippen LogP contribution >= 0.6 is 11.8 Å². The van der Waals surface area contributed by atoms with Gasteiger partial charge >= 0.3 is 0 Å². The van der Waals surface area contributed by atoms with E-state index < -0.39 is 0 Å². The summed E-state index contributed by atoms with van der Waals surface area (Å²) in [6, 6.07) is 32.4. The molecule has 0 bridgehead atoms. The van der Waals surface area contributed by atoms with Crippen molar-refractivity contribution in [2.24, 2.45) is 0 Å². The summed E-state index contributed by atoms with van der Waals surface area (Å²) >= 11 is 1.48. The van der Waals surface area contributed by atoms with Gasteiger partial charge in [-0.2, -0.15) is 0 Å². The van der Waals surface area contributed by atoms with Crippen molar-refractivity contribution in [3.63, 3.8) is 0 Å². The minimum absolute atomic E-state index is 0.205. The third kappa shape index (κ3) is 3.15. The van der Waals surface area contributed by atoms with Crippen molar-refractivity contribution < 1.29 is 4.79 Å². The number of likely N-dealkylation sites (tertiary alicyclic amines) is 1. The molecule has 0 spiro atoms. The summed E-state index contributed by atoms with van der Waals surface area (Å²) in [5.41, 5.74) is 4.71. The third-order valence-electron chi connectivity index (χ3n) is 6.08. The van der Waals surface area contributed by atoms with Crippen LogP contribution in [-0.2, 0) is 10.3 Å². The van der Waals surface area contributed by atoms with Crippen molar-refractivity contribution in [2.45, 2.75) is 17.2 Å². The number of nitrogens with zero attached hydrogens (tertiary/aromatic N) is 1. The van der Waals surface area contributed by atoms with Crippen molar-refractivity contribution >= 4 is 16.9 Å². The van der Waals surface area contributed by atoms with Crippen molar-refractivity contribution in [3.05, 3.63) is 119 Å². The first kappa shape index (κ1) is 18.4. The third-order valence-corrected chi connectivity index (χ3v) is 7.17. The van der Waals surface area contributed by atoms with E-state index in [2.05, 4.69) is 95.9 Å². The molecule has 1 saturated heterocycles. The van der Waals surface area contributed by atoms with Crippen LogP contribution in [0.15, 0.2) is 103 Å². The molecule has 0 aliphatic carbocycles. The van der Waals surface area contributed by atoms with Crippen molar-refractivity contribution in [2.75, 3.05) is 13.1 Å². The van der Waals surface area contributed by atoms with Crippen LogP contribution in [0, 0.1) is 0 Å². The van der Waals surface area contributed by atoms with Gasteiger partial charge in [0.1, 0.15) is 0 Å². The Balaban J connectivity index is 1.73. The predicted octanol–water partition coefficient (Wildman–Crippen LogP) is 5.25. The maximum absolute atomic E-state index is 12.0. The van der Waals surface area contributed by atoms with Gasteiger partial charge in [0, 0.05) is 18.3 Å². The van der Waals surface area contributed by atoms with E-state index in [4.69, 9.17) is 0 Å². The second-order valence-corrected chi connectivity index (χ2v) is 8.86. The first-order valence-corrected chi connectivity index (χ1v) is 11.0. The summed E-state index contributed by atoms with van der Waals surface area (Å²) < 4.78 is 0. The molecule has 0 saturated carbocycles. The van der Waals surface area contributed by atoms with E-state index in [0.29, 0.717) is 0 Å². The van der Waals surface area contributed by atoms with Crippen LogP contribution in [0.3, 0.4) is 0 Å². The molecule has 144 valence electrons. The number of thioether (sulfide) groups is 1. The molecule has 0 N–H and O–H groups in total. The molecule has 3 aromatic carbocycles. The van der Waals surface area contributed by atoms with Gasteiger partial charge in [-0.3, -0.25) is 9.69 Å². The minimum Gasteiger partial charge on any atom is -0.284 e. The topological polar surface area (TPSA) is 20.3 Å². The first-order chi connectivity index (χ1) is 14.3. The molecule has 0 aromatic heterocycles. The van der Waals surface area contributed by atoms with Gasteiger partial charge in [-0.15, -0.1) is 0 Å². The summed E-state index contributed by atoms with van der Waals surface area (Å²) in [5.74, 6) is 0. The maximum Gasteiger partial charge on any atom is 0.212 e. The molecule has 2 nitrogen and oxygen atoms in total. The number of hydrogen-bond donors (Lipinski definition) is 0. The van der Waals surface area contributed by atoms with E-state index >= 15 is 0 Å². The van der Waals surface area contributed by atoms with E-state index in [0.717, 1.165) is 19.5 Å². The quantitative estimate of drug-likeness (QED) is 0.561. The van der Waals surface area contributed by atoms with Crippen LogP contribution < -0.4 is 0 Å². The van der Waals surface area contributed by atoms with Crippen molar-refractivity contribution in [1.82, 2.24) is 4.90 Å². The van der Waals surface area contributed by atoms with Gasteiger partial charge in [0.25, 0.3) is 0 Å². The summed E-state index contributed by atoms with van der Waals surface area (Å²) in [4.78, 5) is 14.6. The number of rotatable bonds is 4. The SMILES string of the molecule is O=C1C=C2CCN(C(c3ccccc3)(c3ccccc3)c3ccccc3)C[C@H]2S1. The highest BCUT2D eigenvalue weighted by Gasteiger charge is 2.45. The standard InChI is InChI=1S/C26H23NOS/c28-25-18-20-16-17-27(19-24(20)29-25)26(21-10-4-1-5-11-21,22-12-6-2-7-13-22)23-14-8-3-9-15-23/h1-15,18,24H,16-17,19H2/t24-/m1/s1. The monoisotopic (exact) mass is 397 g/mol. The molecular weight excluding hydrogens is 374 g/mol. The van der Waals surface area contributed by atoms with E-state index in [9.17, 15) is 4.79 Å². The van der Waals surface area contributed by atoms with Crippen LogP contribution in [0.1, 0.15) is 23.1 Å². The smallest absolute Gasteiger partial charge is 0.212 e. The Hall–Kier alpha value is -2.62. The van der Waals surface area contributed by atoms with E-state index in [1.165, 1.54) is 34.0 Å². The average Bonchev–Trinajstić information content (AvgIpc) is 3.16. The van der Waals surface area contributed by atoms with Gasteiger partial charge in [-0.1, -0.05) is 103 Å². The predicted molar refractivity (Wildman–Crippen MR) is 120 cm³/mol. The minimum atomic E-state index is -0.387. The molecule has 5 rings (SSSR count). The Morgan fingerprint density at radius 2 is 1.24 bits per heavy atom. The number of carbonyl (C=O) groups is 1. The lowest BCUT2D eigenvalue weighted by Crippen LogP contribution is -2.53. The zero-order valence-electron chi connectivity index (χ0n) is 16.2. The van der Waals surface area contributed by atoms with Gasteiger partial charge in [0.05, 0.1) is 5.54 Å². The van der Waals surface area contributed by atoms with Crippen LogP contribution in [0.5, 0.6) is 0 Å². The first-order valence-electron chi connectivity index (χ1n) is 10.1. The number of hydrogen-bond acceptors (Lipinski definition) is 3. The lowest BCUT2D eigenvalue weighted by molar-refractivity contribution is -0.106. The second kappa shape index (κ2) is 7.66. The Morgan fingerprint density at radius 3 is 1.72 bits per heavy atom. The Morgan fingerprint density at radius 1 is 0.759 bits per heavy atom. The van der Waals surface area contributed by atoms with Gasteiger partial charge in [0.15, 0.2) is 0 Å². The summed E-state index contributed by atoms with van der Waals surface area (Å²) in [6.07, 6.45) is 2.81. The van der Waals surface area contributed by atoms with E-state index in [1.807, 2.05) is 6.08 Å². The molecule has 1 atom stereocenters. The fourth-order valence-corrected chi connectivity index (χ4v) is 5.92. The molecule has 2 heterocycles. The van der Waals surface area contributed by atoms with Crippen molar-refractivity contribution in [3.8, 4) is 0 Å². The van der Waals surface area contributed by atoms with E-state index in [-0.39, 0.29) is 15.9 Å². The molecule has 3 heteroatoms. The molecule has 29 heavy (non-hydrogen) atoms. The van der Waals surface area contributed by atoms with E-state index in [1.54, 1.807) is 0 Å². The highest BCUT2D eigenvalue weighted by molar-refractivity contribution is 8.15. The van der Waals surface area contributed by atoms with Gasteiger partial charge < -0.3 is 0 Å². The zero-order chi connectivity index (χ0) is 19.7. The fraction of sp³-hybridized carbons (Fsp3) is 0.192.